The molecule has 3 aromatic carbocycles. The lowest BCUT2D eigenvalue weighted by Crippen LogP contribution is -2.27. The van der Waals surface area contributed by atoms with Crippen molar-refractivity contribution in [3.8, 4) is 0 Å². The highest BCUT2D eigenvalue weighted by Gasteiger charge is 2.23. The van der Waals surface area contributed by atoms with Crippen LogP contribution in [-0.4, -0.2) is 14.1 Å². The SMILES string of the molecule is Cc1cccc(C)c1[CH2][Al]([CH2]c1c(C)cccc1C)[CH2]c1c(C)cccc1C. The number of hydrogen-bond donors (Lipinski definition) is 0. The molecule has 0 saturated heterocycles. The van der Waals surface area contributed by atoms with Crippen LogP contribution in [0.3, 0.4) is 0 Å². The second-order valence-electron chi connectivity index (χ2n) is 8.59. The summed E-state index contributed by atoms with van der Waals surface area (Å²) in [5.41, 5.74) is 13.5. The van der Waals surface area contributed by atoms with E-state index in [0.717, 1.165) is 0 Å². The molecule has 0 saturated carbocycles. The van der Waals surface area contributed by atoms with Gasteiger partial charge in [-0.25, -0.2) is 0 Å². The summed E-state index contributed by atoms with van der Waals surface area (Å²) in [5.74, 6) is 0. The molecule has 0 aliphatic rings. The first-order valence-corrected chi connectivity index (χ1v) is 13.0. The maximum absolute atomic E-state index is 2.28. The smallest absolute Gasteiger partial charge is 0.0682 e. The van der Waals surface area contributed by atoms with E-state index in [4.69, 9.17) is 0 Å². The van der Waals surface area contributed by atoms with Crippen molar-refractivity contribution in [1.29, 1.82) is 0 Å². The average molecular weight is 385 g/mol. The van der Waals surface area contributed by atoms with E-state index < -0.39 is 14.1 Å². The van der Waals surface area contributed by atoms with Crippen LogP contribution in [0.1, 0.15) is 50.1 Å². The van der Waals surface area contributed by atoms with Gasteiger partial charge in [-0.3, -0.25) is 0 Å². The predicted octanol–water partition coefficient (Wildman–Crippen LogP) is 6.68. The summed E-state index contributed by atoms with van der Waals surface area (Å²) in [6, 6.07) is 20.3. The molecule has 144 valence electrons. The van der Waals surface area contributed by atoms with Crippen LogP contribution in [0.25, 0.3) is 0 Å². The Morgan fingerprint density at radius 1 is 0.429 bits per heavy atom. The average Bonchev–Trinajstić information content (AvgIpc) is 2.64. The van der Waals surface area contributed by atoms with Crippen molar-refractivity contribution in [3.63, 3.8) is 0 Å². The highest BCUT2D eigenvalue weighted by atomic mass is 27.2. The van der Waals surface area contributed by atoms with Crippen LogP contribution in [0.4, 0.5) is 0 Å². The summed E-state index contributed by atoms with van der Waals surface area (Å²) >= 11 is -1.08. The van der Waals surface area contributed by atoms with Crippen LogP contribution in [-0.2, 0) is 15.8 Å². The van der Waals surface area contributed by atoms with Crippen LogP contribution >= 0.6 is 0 Å². The molecule has 0 bridgehead atoms. The molecule has 0 N–H and O–H groups in total. The molecular formula is C27H33Al. The second kappa shape index (κ2) is 9.13. The minimum atomic E-state index is -1.08. The van der Waals surface area contributed by atoms with E-state index in [1.165, 1.54) is 49.2 Å². The molecule has 0 aliphatic heterocycles. The first-order chi connectivity index (χ1) is 13.4. The molecule has 0 unspecified atom stereocenters. The summed E-state index contributed by atoms with van der Waals surface area (Å²) in [6.45, 7) is 13.7. The van der Waals surface area contributed by atoms with Gasteiger partial charge in [0.05, 0.1) is 0 Å². The van der Waals surface area contributed by atoms with Crippen molar-refractivity contribution in [1.82, 2.24) is 0 Å². The van der Waals surface area contributed by atoms with Gasteiger partial charge in [0.1, 0.15) is 0 Å². The third-order valence-electron chi connectivity index (χ3n) is 6.41. The highest BCUT2D eigenvalue weighted by molar-refractivity contribution is 6.57. The molecule has 0 aliphatic carbocycles. The Bertz CT molecular complexity index is 780. The molecule has 0 aromatic heterocycles. The maximum atomic E-state index is 2.28. The van der Waals surface area contributed by atoms with E-state index in [2.05, 4.69) is 96.1 Å². The monoisotopic (exact) mass is 384 g/mol. The summed E-state index contributed by atoms with van der Waals surface area (Å²) < 4.78 is 0. The van der Waals surface area contributed by atoms with Gasteiger partial charge >= 0.3 is 0 Å². The van der Waals surface area contributed by atoms with Gasteiger partial charge in [0.2, 0.25) is 0 Å². The fourth-order valence-corrected chi connectivity index (χ4v) is 8.69. The Morgan fingerprint density at radius 3 is 0.857 bits per heavy atom. The van der Waals surface area contributed by atoms with Crippen LogP contribution in [0.2, 0.25) is 0 Å². The molecule has 3 rings (SSSR count). The third kappa shape index (κ3) is 4.78. The van der Waals surface area contributed by atoms with Gasteiger partial charge in [0, 0.05) is 0 Å². The Morgan fingerprint density at radius 2 is 0.643 bits per heavy atom. The van der Waals surface area contributed by atoms with E-state index in [-0.39, 0.29) is 0 Å². The fourth-order valence-electron chi connectivity index (χ4n) is 4.60. The Hall–Kier alpha value is -1.81. The van der Waals surface area contributed by atoms with Gasteiger partial charge in [-0.15, -0.1) is 0 Å². The van der Waals surface area contributed by atoms with Crippen LogP contribution in [0.5, 0.6) is 0 Å². The minimum absolute atomic E-state index is 1.08. The Balaban J connectivity index is 1.98. The van der Waals surface area contributed by atoms with Crippen LogP contribution < -0.4 is 0 Å². The Kier molecular flexibility index (Phi) is 6.82. The molecule has 3 aromatic rings. The van der Waals surface area contributed by atoms with E-state index >= 15 is 0 Å². The molecule has 0 atom stereocenters. The largest absolute Gasteiger partial charge is 0.277 e. The molecular weight excluding hydrogens is 351 g/mol. The molecule has 0 fully saturated rings. The second-order valence-corrected chi connectivity index (χ2v) is 11.5. The number of hydrogen-bond acceptors (Lipinski definition) is 0. The summed E-state index contributed by atoms with van der Waals surface area (Å²) in [7, 11) is 0. The van der Waals surface area contributed by atoms with E-state index in [0.29, 0.717) is 0 Å². The minimum Gasteiger partial charge on any atom is -0.0682 e. The zero-order valence-electron chi connectivity index (χ0n) is 18.4. The van der Waals surface area contributed by atoms with E-state index in [9.17, 15) is 0 Å². The zero-order chi connectivity index (χ0) is 20.3. The molecule has 0 nitrogen and oxygen atoms in total. The van der Waals surface area contributed by atoms with E-state index in [1.54, 1.807) is 16.7 Å². The summed E-state index contributed by atoms with van der Waals surface area (Å²) in [6.07, 6.45) is 0. The van der Waals surface area contributed by atoms with Gasteiger partial charge in [0.25, 0.3) is 14.1 Å². The first kappa shape index (κ1) is 20.9. The van der Waals surface area contributed by atoms with Crippen molar-refractivity contribution in [2.45, 2.75) is 57.4 Å². The maximum Gasteiger partial charge on any atom is 0.277 e. The number of benzene rings is 3. The van der Waals surface area contributed by atoms with Crippen LogP contribution in [0.15, 0.2) is 54.6 Å². The van der Waals surface area contributed by atoms with Gasteiger partial charge in [-0.2, -0.15) is 0 Å². The molecule has 28 heavy (non-hydrogen) atoms. The fraction of sp³-hybridized carbons (Fsp3) is 0.333. The van der Waals surface area contributed by atoms with Crippen molar-refractivity contribution >= 4 is 14.1 Å². The van der Waals surface area contributed by atoms with Crippen molar-refractivity contribution in [2.75, 3.05) is 0 Å². The molecule has 0 radical (unpaired) electrons. The van der Waals surface area contributed by atoms with Crippen molar-refractivity contribution in [3.05, 3.63) is 105 Å². The summed E-state index contributed by atoms with van der Waals surface area (Å²) in [4.78, 5) is 0. The number of rotatable bonds is 6. The lowest BCUT2D eigenvalue weighted by atomic mass is 10.0. The van der Waals surface area contributed by atoms with Gasteiger partial charge in [-0.1, -0.05) is 87.1 Å². The standard InChI is InChI=1S/3C9H11.Al/c3*1-7-5-4-6-8(2)9(7)3;/h3*4-6H,3H2,1-2H3;. The molecule has 1 heteroatoms. The predicted molar refractivity (Wildman–Crippen MR) is 125 cm³/mol. The summed E-state index contributed by atoms with van der Waals surface area (Å²) in [5, 5.41) is 3.83. The molecule has 0 spiro atoms. The zero-order valence-corrected chi connectivity index (χ0v) is 19.5. The first-order valence-electron chi connectivity index (χ1n) is 10.5. The topological polar surface area (TPSA) is 0 Å². The lowest BCUT2D eigenvalue weighted by Gasteiger charge is -2.20. The Labute approximate surface area is 176 Å². The molecule has 0 heterocycles. The quantitative estimate of drug-likeness (QED) is 0.416. The highest BCUT2D eigenvalue weighted by Crippen LogP contribution is 2.23. The number of aryl methyl sites for hydroxylation is 6. The normalized spacial score (nSPS) is 10.9. The van der Waals surface area contributed by atoms with Crippen molar-refractivity contribution in [2.24, 2.45) is 0 Å². The van der Waals surface area contributed by atoms with Crippen molar-refractivity contribution < 1.29 is 0 Å². The van der Waals surface area contributed by atoms with E-state index in [1.807, 2.05) is 0 Å². The van der Waals surface area contributed by atoms with Gasteiger partial charge < -0.3 is 0 Å². The van der Waals surface area contributed by atoms with Gasteiger partial charge in [0.15, 0.2) is 0 Å². The van der Waals surface area contributed by atoms with Crippen LogP contribution in [0, 0.1) is 41.5 Å². The lowest BCUT2D eigenvalue weighted by molar-refractivity contribution is 1.10. The molecule has 0 amide bonds. The van der Waals surface area contributed by atoms with Gasteiger partial charge in [-0.05, 0) is 74.9 Å². The third-order valence-corrected chi connectivity index (χ3v) is 9.37.